The normalized spacial score (nSPS) is 14.1. The van der Waals surface area contributed by atoms with Crippen LogP contribution in [0.1, 0.15) is 51.4 Å². The number of nitrogens with zero attached hydrogens (tertiary/aromatic N) is 1. The molecule has 32 heavy (non-hydrogen) atoms. The molecule has 1 aromatic heterocycles. The quantitative estimate of drug-likeness (QED) is 0.416. The van der Waals surface area contributed by atoms with Crippen LogP contribution < -0.4 is 16.2 Å². The molecule has 0 radical (unpaired) electrons. The summed E-state index contributed by atoms with van der Waals surface area (Å²) in [6, 6.07) is 15.7. The molecule has 1 amide bonds. The molecule has 3 N–H and O–H groups in total. The number of carbonyl (C=O) groups is 1. The van der Waals surface area contributed by atoms with Crippen LogP contribution in [-0.4, -0.2) is 28.7 Å². The second-order valence-corrected chi connectivity index (χ2v) is 8.32. The number of unbranched alkanes of at least 4 members (excludes halogenated alkanes) is 1. The van der Waals surface area contributed by atoms with Crippen molar-refractivity contribution in [3.63, 3.8) is 0 Å². The summed E-state index contributed by atoms with van der Waals surface area (Å²) < 4.78 is 0. The Morgan fingerprint density at radius 1 is 1.00 bits per heavy atom. The zero-order chi connectivity index (χ0) is 21.5. The average molecular weight is 455 g/mol. The Kier molecular flexibility index (Phi) is 8.82. The summed E-state index contributed by atoms with van der Waals surface area (Å²) in [4.78, 5) is 24.4. The van der Waals surface area contributed by atoms with Gasteiger partial charge in [-0.2, -0.15) is 5.10 Å². The number of H-pyrrole nitrogens is 1. The molecule has 4 rings (SSSR count). The molecular formula is C25H31ClN4O2. The molecule has 1 heterocycles. The highest BCUT2D eigenvalue weighted by atomic mass is 35.5. The first-order valence-corrected chi connectivity index (χ1v) is 11.3. The van der Waals surface area contributed by atoms with E-state index in [0.29, 0.717) is 23.5 Å². The number of hydrogen-bond acceptors (Lipinski definition) is 4. The molecule has 0 unspecified atom stereocenters. The number of rotatable bonds is 8. The van der Waals surface area contributed by atoms with Crippen LogP contribution in [0.25, 0.3) is 22.0 Å². The molecule has 0 bridgehead atoms. The lowest BCUT2D eigenvalue weighted by Crippen LogP contribution is -2.31. The molecule has 0 spiro atoms. The van der Waals surface area contributed by atoms with Crippen molar-refractivity contribution in [3.8, 4) is 11.3 Å². The van der Waals surface area contributed by atoms with E-state index >= 15 is 0 Å². The monoisotopic (exact) mass is 454 g/mol. The zero-order valence-electron chi connectivity index (χ0n) is 18.2. The summed E-state index contributed by atoms with van der Waals surface area (Å²) >= 11 is 0. The van der Waals surface area contributed by atoms with E-state index in [1.807, 2.05) is 42.5 Å². The Bertz CT molecular complexity index is 1090. The van der Waals surface area contributed by atoms with E-state index in [4.69, 9.17) is 0 Å². The maximum atomic E-state index is 12.4. The summed E-state index contributed by atoms with van der Waals surface area (Å²) in [5, 5.41) is 14.8. The third-order valence-electron chi connectivity index (χ3n) is 5.98. The lowest BCUT2D eigenvalue weighted by molar-refractivity contribution is -0.116. The van der Waals surface area contributed by atoms with Crippen LogP contribution in [-0.2, 0) is 4.79 Å². The van der Waals surface area contributed by atoms with Crippen molar-refractivity contribution in [2.75, 3.05) is 11.9 Å². The van der Waals surface area contributed by atoms with Crippen molar-refractivity contribution in [3.05, 3.63) is 58.9 Å². The molecule has 0 atom stereocenters. The van der Waals surface area contributed by atoms with E-state index < -0.39 is 0 Å². The standard InChI is InChI=1S/C25H30N4O2.ClH/c30-23(15-6-7-16-26-19-10-2-1-3-11-19)27-20-12-8-9-18(17-20)24-21-13-4-5-14-22(21)25(31)29-28-24;/h4-5,8-9,12-14,17,19,26H,1-3,6-7,10-11,15-16H2,(H,27,30)(H,29,31);1H. The highest BCUT2D eigenvalue weighted by Crippen LogP contribution is 2.26. The maximum absolute atomic E-state index is 12.4. The molecule has 0 aliphatic heterocycles. The highest BCUT2D eigenvalue weighted by Gasteiger charge is 2.12. The molecule has 6 nitrogen and oxygen atoms in total. The minimum atomic E-state index is -0.207. The van der Waals surface area contributed by atoms with Gasteiger partial charge in [-0.1, -0.05) is 49.6 Å². The molecule has 0 saturated heterocycles. The van der Waals surface area contributed by atoms with E-state index in [9.17, 15) is 9.59 Å². The van der Waals surface area contributed by atoms with Gasteiger partial charge in [0.1, 0.15) is 0 Å². The van der Waals surface area contributed by atoms with E-state index in [1.54, 1.807) is 6.07 Å². The lowest BCUT2D eigenvalue weighted by atomic mass is 9.95. The molecule has 1 fully saturated rings. The molecule has 1 saturated carbocycles. The number of halogens is 1. The first-order chi connectivity index (χ1) is 15.2. The second kappa shape index (κ2) is 11.8. The van der Waals surface area contributed by atoms with Crippen LogP contribution in [0.4, 0.5) is 5.69 Å². The van der Waals surface area contributed by atoms with Gasteiger partial charge in [-0.3, -0.25) is 9.59 Å². The van der Waals surface area contributed by atoms with Crippen LogP contribution in [0.5, 0.6) is 0 Å². The molecular weight excluding hydrogens is 424 g/mol. The number of anilines is 1. The van der Waals surface area contributed by atoms with Crippen molar-refractivity contribution in [1.29, 1.82) is 0 Å². The van der Waals surface area contributed by atoms with Gasteiger partial charge in [0.05, 0.1) is 11.1 Å². The summed E-state index contributed by atoms with van der Waals surface area (Å²) in [6.45, 7) is 0.985. The summed E-state index contributed by atoms with van der Waals surface area (Å²) in [7, 11) is 0. The fourth-order valence-corrected chi connectivity index (χ4v) is 4.33. The van der Waals surface area contributed by atoms with Gasteiger partial charge in [-0.05, 0) is 50.4 Å². The first kappa shape index (κ1) is 24.0. The number of nitrogens with one attached hydrogen (secondary N) is 3. The van der Waals surface area contributed by atoms with Gasteiger partial charge in [-0.25, -0.2) is 5.10 Å². The predicted molar refractivity (Wildman–Crippen MR) is 132 cm³/mol. The SMILES string of the molecule is Cl.O=C(CCCCNC1CCCCC1)Nc1cccc(-c2n[nH]c(=O)c3ccccc23)c1. The minimum absolute atomic E-state index is 0. The Morgan fingerprint density at radius 3 is 2.59 bits per heavy atom. The second-order valence-electron chi connectivity index (χ2n) is 8.32. The fraction of sp³-hybridized carbons (Fsp3) is 0.400. The average Bonchev–Trinajstić information content (AvgIpc) is 2.80. The van der Waals surface area contributed by atoms with Gasteiger partial charge in [0, 0.05) is 29.1 Å². The zero-order valence-corrected chi connectivity index (χ0v) is 19.0. The third-order valence-corrected chi connectivity index (χ3v) is 5.98. The number of benzene rings is 2. The van der Waals surface area contributed by atoms with Gasteiger partial charge in [-0.15, -0.1) is 12.4 Å². The predicted octanol–water partition coefficient (Wildman–Crippen LogP) is 5.04. The molecule has 7 heteroatoms. The Morgan fingerprint density at radius 2 is 1.78 bits per heavy atom. The molecule has 3 aromatic rings. The first-order valence-electron chi connectivity index (χ1n) is 11.3. The van der Waals surface area contributed by atoms with Crippen molar-refractivity contribution in [2.45, 2.75) is 57.4 Å². The Labute approximate surface area is 194 Å². The minimum Gasteiger partial charge on any atom is -0.326 e. The third kappa shape index (κ3) is 6.17. The number of amides is 1. The highest BCUT2D eigenvalue weighted by molar-refractivity contribution is 5.95. The van der Waals surface area contributed by atoms with E-state index in [1.165, 1.54) is 32.1 Å². The molecule has 170 valence electrons. The van der Waals surface area contributed by atoms with Crippen LogP contribution in [0.3, 0.4) is 0 Å². The lowest BCUT2D eigenvalue weighted by Gasteiger charge is -2.22. The molecule has 1 aliphatic carbocycles. The Hall–Kier alpha value is -2.70. The van der Waals surface area contributed by atoms with Crippen LogP contribution in [0.15, 0.2) is 53.3 Å². The van der Waals surface area contributed by atoms with Crippen LogP contribution >= 0.6 is 12.4 Å². The van der Waals surface area contributed by atoms with Gasteiger partial charge >= 0.3 is 0 Å². The van der Waals surface area contributed by atoms with Gasteiger partial charge in [0.25, 0.3) is 5.56 Å². The largest absolute Gasteiger partial charge is 0.326 e. The number of fused-ring (bicyclic) bond motifs is 1. The smallest absolute Gasteiger partial charge is 0.272 e. The molecule has 2 aromatic carbocycles. The van der Waals surface area contributed by atoms with Crippen LogP contribution in [0.2, 0.25) is 0 Å². The van der Waals surface area contributed by atoms with Crippen molar-refractivity contribution >= 4 is 34.8 Å². The van der Waals surface area contributed by atoms with E-state index in [-0.39, 0.29) is 23.9 Å². The summed E-state index contributed by atoms with van der Waals surface area (Å²) in [5.41, 5.74) is 2.07. The number of aromatic amines is 1. The van der Waals surface area contributed by atoms with Crippen molar-refractivity contribution < 1.29 is 4.79 Å². The topological polar surface area (TPSA) is 86.9 Å². The maximum Gasteiger partial charge on any atom is 0.272 e. The van der Waals surface area contributed by atoms with Crippen LogP contribution in [0, 0.1) is 0 Å². The summed E-state index contributed by atoms with van der Waals surface area (Å²) in [5.74, 6) is 0.0223. The van der Waals surface area contributed by atoms with E-state index in [0.717, 1.165) is 36.0 Å². The number of hydrogen-bond donors (Lipinski definition) is 3. The Balaban J connectivity index is 0.00000289. The van der Waals surface area contributed by atoms with Crippen molar-refractivity contribution in [1.82, 2.24) is 15.5 Å². The van der Waals surface area contributed by atoms with Gasteiger partial charge in [0.2, 0.25) is 5.91 Å². The van der Waals surface area contributed by atoms with E-state index in [2.05, 4.69) is 20.8 Å². The number of aromatic nitrogens is 2. The fourth-order valence-electron chi connectivity index (χ4n) is 4.33. The molecule has 1 aliphatic rings. The number of carbonyl (C=O) groups excluding carboxylic acids is 1. The van der Waals surface area contributed by atoms with Crippen molar-refractivity contribution in [2.24, 2.45) is 0 Å². The summed E-state index contributed by atoms with van der Waals surface area (Å²) in [6.07, 6.45) is 9.01. The van der Waals surface area contributed by atoms with Gasteiger partial charge in [0.15, 0.2) is 0 Å². The van der Waals surface area contributed by atoms with Gasteiger partial charge < -0.3 is 10.6 Å².